The third kappa shape index (κ3) is 2.66. The molecule has 0 aliphatic carbocycles. The number of benzene rings is 3. The summed E-state index contributed by atoms with van der Waals surface area (Å²) in [7, 11) is 0. The van der Waals surface area contributed by atoms with Crippen molar-refractivity contribution in [2.75, 3.05) is 4.90 Å². The smallest absolute Gasteiger partial charge is 0.326 e. The van der Waals surface area contributed by atoms with Gasteiger partial charge in [0.05, 0.1) is 28.3 Å². The molecular weight excluding hydrogens is 397 g/mol. The summed E-state index contributed by atoms with van der Waals surface area (Å²) in [4.78, 5) is 2.25. The number of hydrogen-bond donors (Lipinski definition) is 0. The standard InChI is InChI=1S/C26H17F3N2/c27-26(28,29)19-13-11-17(12-14-19)24-16-18-6-1-2-7-20(18)25-23-10-5-15-30(23)21-8-3-4-9-22(21)31(24)25/h1-16,25H. The molecule has 2 aliphatic heterocycles. The molecule has 1 aromatic heterocycles. The largest absolute Gasteiger partial charge is 0.416 e. The van der Waals surface area contributed by atoms with Crippen LogP contribution in [0.4, 0.5) is 18.9 Å². The minimum absolute atomic E-state index is 0.0663. The van der Waals surface area contributed by atoms with Crippen LogP contribution in [0.15, 0.2) is 91.1 Å². The van der Waals surface area contributed by atoms with Crippen LogP contribution in [0.2, 0.25) is 0 Å². The molecule has 152 valence electrons. The van der Waals surface area contributed by atoms with Crippen molar-refractivity contribution in [1.82, 2.24) is 4.57 Å². The highest BCUT2D eigenvalue weighted by molar-refractivity contribution is 5.96. The Morgan fingerprint density at radius 1 is 0.710 bits per heavy atom. The number of anilines is 1. The van der Waals surface area contributed by atoms with Crippen LogP contribution in [0.1, 0.15) is 34.0 Å². The average molecular weight is 414 g/mol. The quantitative estimate of drug-likeness (QED) is 0.328. The second kappa shape index (κ2) is 6.38. The SMILES string of the molecule is FC(F)(F)c1ccc(C2=Cc3ccccc3C3c4cccn4-c4ccccc4N23)cc1. The van der Waals surface area contributed by atoms with E-state index in [2.05, 4.69) is 52.1 Å². The van der Waals surface area contributed by atoms with Gasteiger partial charge in [0.25, 0.3) is 0 Å². The molecule has 4 aromatic rings. The molecule has 0 N–H and O–H groups in total. The van der Waals surface area contributed by atoms with E-state index in [1.54, 1.807) is 12.1 Å². The van der Waals surface area contributed by atoms with E-state index < -0.39 is 11.7 Å². The maximum atomic E-state index is 13.1. The van der Waals surface area contributed by atoms with Crippen LogP contribution in [0, 0.1) is 0 Å². The van der Waals surface area contributed by atoms with Gasteiger partial charge in [-0.3, -0.25) is 0 Å². The van der Waals surface area contributed by atoms with Crippen molar-refractivity contribution in [2.24, 2.45) is 0 Å². The Balaban J connectivity index is 1.60. The number of para-hydroxylation sites is 2. The molecule has 31 heavy (non-hydrogen) atoms. The number of aromatic nitrogens is 1. The maximum Gasteiger partial charge on any atom is 0.416 e. The third-order valence-corrected chi connectivity index (χ3v) is 6.07. The van der Waals surface area contributed by atoms with Crippen molar-refractivity contribution in [3.63, 3.8) is 0 Å². The van der Waals surface area contributed by atoms with Gasteiger partial charge in [-0.1, -0.05) is 48.5 Å². The second-order valence-electron chi connectivity index (χ2n) is 7.80. The summed E-state index contributed by atoms with van der Waals surface area (Å²) in [6.07, 6.45) is -0.221. The molecule has 1 atom stereocenters. The number of alkyl halides is 3. The number of nitrogens with zero attached hydrogens (tertiary/aromatic N) is 2. The third-order valence-electron chi connectivity index (χ3n) is 6.07. The first-order valence-electron chi connectivity index (χ1n) is 10.1. The summed E-state index contributed by atoms with van der Waals surface area (Å²) in [6, 6.07) is 25.9. The summed E-state index contributed by atoms with van der Waals surface area (Å²) >= 11 is 0. The fraction of sp³-hybridized carbons (Fsp3) is 0.0769. The van der Waals surface area contributed by atoms with Crippen molar-refractivity contribution in [2.45, 2.75) is 12.2 Å². The van der Waals surface area contributed by atoms with E-state index in [0.717, 1.165) is 46.0 Å². The first-order valence-corrected chi connectivity index (χ1v) is 10.1. The van der Waals surface area contributed by atoms with Crippen LogP contribution in [-0.4, -0.2) is 4.57 Å². The number of fused-ring (bicyclic) bond motifs is 8. The summed E-state index contributed by atoms with van der Waals surface area (Å²) in [5, 5.41) is 0. The Hall–Kier alpha value is -3.73. The molecule has 0 saturated heterocycles. The molecule has 0 saturated carbocycles. The fourth-order valence-corrected chi connectivity index (χ4v) is 4.71. The van der Waals surface area contributed by atoms with E-state index in [9.17, 15) is 13.2 Å². The highest BCUT2D eigenvalue weighted by Crippen LogP contribution is 2.50. The molecule has 6 rings (SSSR count). The van der Waals surface area contributed by atoms with Crippen LogP contribution < -0.4 is 4.90 Å². The predicted molar refractivity (Wildman–Crippen MR) is 116 cm³/mol. The molecule has 0 radical (unpaired) electrons. The molecule has 3 aromatic carbocycles. The molecule has 1 unspecified atom stereocenters. The van der Waals surface area contributed by atoms with Gasteiger partial charge in [0.1, 0.15) is 6.04 Å². The highest BCUT2D eigenvalue weighted by atomic mass is 19.4. The van der Waals surface area contributed by atoms with E-state index in [1.807, 2.05) is 30.3 Å². The summed E-state index contributed by atoms with van der Waals surface area (Å²) in [6.45, 7) is 0. The zero-order valence-corrected chi connectivity index (χ0v) is 16.3. The molecule has 5 heteroatoms. The number of hydrogen-bond acceptors (Lipinski definition) is 1. The van der Waals surface area contributed by atoms with Crippen molar-refractivity contribution >= 4 is 17.5 Å². The van der Waals surface area contributed by atoms with Crippen molar-refractivity contribution in [1.29, 1.82) is 0 Å². The lowest BCUT2D eigenvalue weighted by atomic mass is 9.87. The van der Waals surface area contributed by atoms with Crippen molar-refractivity contribution in [3.05, 3.63) is 119 Å². The van der Waals surface area contributed by atoms with Gasteiger partial charge >= 0.3 is 6.18 Å². The first-order chi connectivity index (χ1) is 15.0. The molecule has 2 nitrogen and oxygen atoms in total. The van der Waals surface area contributed by atoms with Gasteiger partial charge in [-0.15, -0.1) is 0 Å². The Kier molecular flexibility index (Phi) is 3.72. The minimum atomic E-state index is -4.35. The van der Waals surface area contributed by atoms with Crippen molar-refractivity contribution < 1.29 is 13.2 Å². The predicted octanol–water partition coefficient (Wildman–Crippen LogP) is 6.92. The topological polar surface area (TPSA) is 8.17 Å². The van der Waals surface area contributed by atoms with Gasteiger partial charge in [0.15, 0.2) is 0 Å². The van der Waals surface area contributed by atoms with Crippen LogP contribution in [0.3, 0.4) is 0 Å². The molecule has 0 bridgehead atoms. The normalized spacial score (nSPS) is 16.7. The van der Waals surface area contributed by atoms with E-state index in [1.165, 1.54) is 5.56 Å². The van der Waals surface area contributed by atoms with E-state index in [4.69, 9.17) is 0 Å². The summed E-state index contributed by atoms with van der Waals surface area (Å²) in [5.41, 5.74) is 6.45. The lowest BCUT2D eigenvalue weighted by Gasteiger charge is -2.44. The molecule has 0 spiro atoms. The first kappa shape index (κ1) is 18.1. The Labute approximate surface area is 177 Å². The van der Waals surface area contributed by atoms with Crippen LogP contribution in [-0.2, 0) is 6.18 Å². The summed E-state index contributed by atoms with van der Waals surface area (Å²) < 4.78 is 41.6. The summed E-state index contributed by atoms with van der Waals surface area (Å²) in [5.74, 6) is 0. The number of halogens is 3. The lowest BCUT2D eigenvalue weighted by molar-refractivity contribution is -0.137. The van der Waals surface area contributed by atoms with E-state index >= 15 is 0 Å². The van der Waals surface area contributed by atoms with Gasteiger partial charge < -0.3 is 9.47 Å². The highest BCUT2D eigenvalue weighted by Gasteiger charge is 2.38. The van der Waals surface area contributed by atoms with Gasteiger partial charge in [0.2, 0.25) is 0 Å². The fourth-order valence-electron chi connectivity index (χ4n) is 4.71. The Morgan fingerprint density at radius 3 is 2.19 bits per heavy atom. The molecule has 3 heterocycles. The molecular formula is C26H17F3N2. The second-order valence-corrected chi connectivity index (χ2v) is 7.80. The van der Waals surface area contributed by atoms with Crippen LogP contribution in [0.25, 0.3) is 17.5 Å². The van der Waals surface area contributed by atoms with Gasteiger partial charge in [-0.25, -0.2) is 0 Å². The lowest BCUT2D eigenvalue weighted by Crippen LogP contribution is -2.36. The van der Waals surface area contributed by atoms with Gasteiger partial charge in [-0.05, 0) is 59.2 Å². The van der Waals surface area contributed by atoms with E-state index in [-0.39, 0.29) is 6.04 Å². The van der Waals surface area contributed by atoms with E-state index in [0.29, 0.717) is 0 Å². The zero-order chi connectivity index (χ0) is 21.2. The van der Waals surface area contributed by atoms with Crippen LogP contribution >= 0.6 is 0 Å². The monoisotopic (exact) mass is 414 g/mol. The Bertz CT molecular complexity index is 1330. The van der Waals surface area contributed by atoms with Crippen molar-refractivity contribution in [3.8, 4) is 5.69 Å². The average Bonchev–Trinajstić information content (AvgIpc) is 3.28. The molecule has 0 fully saturated rings. The van der Waals surface area contributed by atoms with Crippen LogP contribution in [0.5, 0.6) is 0 Å². The Morgan fingerprint density at radius 2 is 1.42 bits per heavy atom. The van der Waals surface area contributed by atoms with Gasteiger partial charge in [0, 0.05) is 6.20 Å². The number of rotatable bonds is 1. The van der Waals surface area contributed by atoms with Gasteiger partial charge in [-0.2, -0.15) is 13.2 Å². The molecule has 2 aliphatic rings. The maximum absolute atomic E-state index is 13.1. The zero-order valence-electron chi connectivity index (χ0n) is 16.3. The molecule has 0 amide bonds. The minimum Gasteiger partial charge on any atom is -0.326 e.